The van der Waals surface area contributed by atoms with E-state index in [4.69, 9.17) is 16.3 Å². The van der Waals surface area contributed by atoms with E-state index in [9.17, 15) is 9.18 Å². The zero-order valence-corrected chi connectivity index (χ0v) is 16.9. The normalized spacial score (nSPS) is 11.6. The van der Waals surface area contributed by atoms with Gasteiger partial charge in [-0.25, -0.2) is 8.91 Å². The average Bonchev–Trinajstić information content (AvgIpc) is 2.95. The number of halogens is 2. The van der Waals surface area contributed by atoms with Crippen LogP contribution in [0, 0.1) is 12.7 Å². The SMILES string of the molecule is CCOc1cc(Cl)c(-c2nn3c(C)cc(C(C)C)c3c(=O)n2CC)cc1F. The zero-order chi connectivity index (χ0) is 19.9. The van der Waals surface area contributed by atoms with Crippen LogP contribution in [0.15, 0.2) is 23.0 Å². The van der Waals surface area contributed by atoms with Crippen molar-refractivity contribution in [2.75, 3.05) is 6.61 Å². The van der Waals surface area contributed by atoms with E-state index in [-0.39, 0.29) is 22.2 Å². The lowest BCUT2D eigenvalue weighted by Gasteiger charge is -2.15. The Morgan fingerprint density at radius 3 is 2.56 bits per heavy atom. The van der Waals surface area contributed by atoms with Crippen molar-refractivity contribution >= 4 is 17.1 Å². The topological polar surface area (TPSA) is 48.5 Å². The molecular formula is C20H23ClFN3O2. The predicted octanol–water partition coefficient (Wildman–Crippen LogP) is 4.81. The lowest BCUT2D eigenvalue weighted by molar-refractivity contribution is 0.321. The van der Waals surface area contributed by atoms with Gasteiger partial charge in [-0.3, -0.25) is 9.36 Å². The Morgan fingerprint density at radius 1 is 1.26 bits per heavy atom. The van der Waals surface area contributed by atoms with Gasteiger partial charge in [0.05, 0.1) is 11.6 Å². The molecule has 27 heavy (non-hydrogen) atoms. The monoisotopic (exact) mass is 391 g/mol. The fraction of sp³-hybridized carbons (Fsp3) is 0.400. The van der Waals surface area contributed by atoms with Crippen LogP contribution in [-0.4, -0.2) is 20.8 Å². The summed E-state index contributed by atoms with van der Waals surface area (Å²) in [6, 6.07) is 4.67. The molecule has 0 bridgehead atoms. The second kappa shape index (κ2) is 7.35. The van der Waals surface area contributed by atoms with Gasteiger partial charge in [0.25, 0.3) is 5.56 Å². The molecule has 2 aromatic heterocycles. The molecule has 3 aromatic rings. The van der Waals surface area contributed by atoms with Crippen molar-refractivity contribution in [2.45, 2.75) is 47.1 Å². The minimum Gasteiger partial charge on any atom is -0.491 e. The number of benzene rings is 1. The molecule has 3 rings (SSSR count). The number of fused-ring (bicyclic) bond motifs is 1. The van der Waals surface area contributed by atoms with Crippen LogP contribution < -0.4 is 10.3 Å². The fourth-order valence-corrected chi connectivity index (χ4v) is 3.51. The van der Waals surface area contributed by atoms with Crippen LogP contribution in [0.2, 0.25) is 5.02 Å². The van der Waals surface area contributed by atoms with Gasteiger partial charge in [-0.05, 0) is 44.4 Å². The molecule has 2 heterocycles. The first-order valence-corrected chi connectivity index (χ1v) is 9.43. The van der Waals surface area contributed by atoms with Crippen molar-refractivity contribution in [2.24, 2.45) is 0 Å². The highest BCUT2D eigenvalue weighted by molar-refractivity contribution is 6.33. The summed E-state index contributed by atoms with van der Waals surface area (Å²) >= 11 is 6.39. The lowest BCUT2D eigenvalue weighted by Crippen LogP contribution is -2.26. The quantitative estimate of drug-likeness (QED) is 0.627. The molecular weight excluding hydrogens is 369 g/mol. The number of ether oxygens (including phenoxy) is 1. The van der Waals surface area contributed by atoms with Crippen molar-refractivity contribution in [1.29, 1.82) is 0 Å². The molecule has 0 aliphatic carbocycles. The minimum absolute atomic E-state index is 0.0805. The van der Waals surface area contributed by atoms with Crippen LogP contribution in [-0.2, 0) is 6.54 Å². The molecule has 144 valence electrons. The van der Waals surface area contributed by atoms with E-state index in [2.05, 4.69) is 5.10 Å². The van der Waals surface area contributed by atoms with Crippen LogP contribution in [0.1, 0.15) is 44.9 Å². The Bertz CT molecular complexity index is 1070. The number of rotatable bonds is 5. The zero-order valence-electron chi connectivity index (χ0n) is 16.1. The van der Waals surface area contributed by atoms with E-state index < -0.39 is 5.82 Å². The van der Waals surface area contributed by atoms with Gasteiger partial charge in [0, 0.05) is 23.9 Å². The first kappa shape index (κ1) is 19.4. The van der Waals surface area contributed by atoms with E-state index in [1.807, 2.05) is 33.8 Å². The van der Waals surface area contributed by atoms with Crippen LogP contribution in [0.25, 0.3) is 16.9 Å². The Morgan fingerprint density at radius 2 is 1.96 bits per heavy atom. The van der Waals surface area contributed by atoms with Crippen molar-refractivity contribution in [3.05, 3.63) is 50.7 Å². The maximum Gasteiger partial charge on any atom is 0.278 e. The van der Waals surface area contributed by atoms with Crippen molar-refractivity contribution in [3.8, 4) is 17.1 Å². The summed E-state index contributed by atoms with van der Waals surface area (Å²) in [7, 11) is 0. The van der Waals surface area contributed by atoms with Gasteiger partial charge in [-0.15, -0.1) is 5.10 Å². The van der Waals surface area contributed by atoms with E-state index in [1.54, 1.807) is 11.4 Å². The summed E-state index contributed by atoms with van der Waals surface area (Å²) in [5.74, 6) is 0.0547. The number of hydrogen-bond acceptors (Lipinski definition) is 3. The molecule has 0 unspecified atom stereocenters. The molecule has 5 nitrogen and oxygen atoms in total. The summed E-state index contributed by atoms with van der Waals surface area (Å²) in [5.41, 5.74) is 2.54. The highest BCUT2D eigenvalue weighted by Crippen LogP contribution is 2.33. The highest BCUT2D eigenvalue weighted by atomic mass is 35.5. The van der Waals surface area contributed by atoms with Crippen molar-refractivity contribution < 1.29 is 9.13 Å². The number of aryl methyl sites for hydroxylation is 1. The van der Waals surface area contributed by atoms with Gasteiger partial charge in [0.2, 0.25) is 0 Å². The van der Waals surface area contributed by atoms with E-state index >= 15 is 0 Å². The smallest absolute Gasteiger partial charge is 0.278 e. The maximum atomic E-state index is 14.4. The summed E-state index contributed by atoms with van der Waals surface area (Å²) in [5, 5.41) is 4.92. The van der Waals surface area contributed by atoms with Gasteiger partial charge < -0.3 is 4.74 Å². The minimum atomic E-state index is -0.541. The van der Waals surface area contributed by atoms with Crippen molar-refractivity contribution in [3.63, 3.8) is 0 Å². The second-order valence-corrected chi connectivity index (χ2v) is 7.13. The Balaban J connectivity index is 2.35. The summed E-state index contributed by atoms with van der Waals surface area (Å²) in [4.78, 5) is 13.2. The maximum absolute atomic E-state index is 14.4. The molecule has 0 amide bonds. The van der Waals surface area contributed by atoms with Gasteiger partial charge in [-0.2, -0.15) is 0 Å². The largest absolute Gasteiger partial charge is 0.491 e. The molecule has 1 aromatic carbocycles. The van der Waals surface area contributed by atoms with E-state index in [0.717, 1.165) is 11.3 Å². The number of nitrogens with zero attached hydrogens (tertiary/aromatic N) is 3. The molecule has 7 heteroatoms. The molecule has 0 radical (unpaired) electrons. The first-order valence-electron chi connectivity index (χ1n) is 9.05. The Labute approximate surface area is 162 Å². The van der Waals surface area contributed by atoms with Crippen LogP contribution in [0.5, 0.6) is 5.75 Å². The van der Waals surface area contributed by atoms with Gasteiger partial charge in [0.1, 0.15) is 5.52 Å². The molecule has 0 N–H and O–H groups in total. The summed E-state index contributed by atoms with van der Waals surface area (Å²) < 4.78 is 22.8. The van der Waals surface area contributed by atoms with Crippen molar-refractivity contribution in [1.82, 2.24) is 14.2 Å². The van der Waals surface area contributed by atoms with Crippen LogP contribution in [0.3, 0.4) is 0 Å². The Hall–Kier alpha value is -2.34. The van der Waals surface area contributed by atoms with Crippen LogP contribution in [0.4, 0.5) is 4.39 Å². The third-order valence-corrected chi connectivity index (χ3v) is 4.90. The van der Waals surface area contributed by atoms with Gasteiger partial charge >= 0.3 is 0 Å². The number of aromatic nitrogens is 3. The highest BCUT2D eigenvalue weighted by Gasteiger charge is 2.21. The average molecular weight is 392 g/mol. The van der Waals surface area contributed by atoms with Crippen LogP contribution >= 0.6 is 11.6 Å². The molecule has 0 spiro atoms. The summed E-state index contributed by atoms with van der Waals surface area (Å²) in [6.45, 7) is 10.3. The molecule has 0 saturated carbocycles. The summed E-state index contributed by atoms with van der Waals surface area (Å²) in [6.07, 6.45) is 0. The Kier molecular flexibility index (Phi) is 5.29. The van der Waals surface area contributed by atoms with Gasteiger partial charge in [-0.1, -0.05) is 25.4 Å². The molecule has 0 atom stereocenters. The third kappa shape index (κ3) is 3.23. The molecule has 0 aliphatic heterocycles. The molecule has 0 fully saturated rings. The molecule has 0 aliphatic rings. The van der Waals surface area contributed by atoms with E-state index in [0.29, 0.717) is 30.1 Å². The second-order valence-electron chi connectivity index (χ2n) is 6.72. The first-order chi connectivity index (χ1) is 12.8. The fourth-order valence-electron chi connectivity index (χ4n) is 3.27. The van der Waals surface area contributed by atoms with Gasteiger partial charge in [0.15, 0.2) is 17.4 Å². The molecule has 0 saturated heterocycles. The number of hydrogen-bond donors (Lipinski definition) is 0. The van der Waals surface area contributed by atoms with E-state index in [1.165, 1.54) is 16.7 Å². The standard InChI is InChI=1S/C20H23ClFN3O2/c1-6-24-19(14-9-16(22)17(27-7-2)10-15(14)21)23-25-12(5)8-13(11(3)4)18(25)20(24)26/h8-11H,6-7H2,1-5H3. The lowest BCUT2D eigenvalue weighted by atomic mass is 10.1. The third-order valence-electron chi connectivity index (χ3n) is 4.58. The predicted molar refractivity (Wildman–Crippen MR) is 106 cm³/mol.